The summed E-state index contributed by atoms with van der Waals surface area (Å²) in [4.78, 5) is 16.9. The number of fused-ring (bicyclic) bond motifs is 1. The van der Waals surface area contributed by atoms with Crippen molar-refractivity contribution in [1.82, 2.24) is 14.8 Å². The number of aryl methyl sites for hydroxylation is 1. The number of Topliss-reactive ketones (excluding diaryl/α,β-unsaturated/α-hetero) is 1. The summed E-state index contributed by atoms with van der Waals surface area (Å²) in [6.07, 6.45) is 0.441. The van der Waals surface area contributed by atoms with Crippen LogP contribution < -0.4 is 4.74 Å². The van der Waals surface area contributed by atoms with Crippen molar-refractivity contribution >= 4 is 16.8 Å². The van der Waals surface area contributed by atoms with Gasteiger partial charge in [0.05, 0.1) is 0 Å². The second kappa shape index (κ2) is 8.27. The van der Waals surface area contributed by atoms with Crippen LogP contribution in [-0.4, -0.2) is 27.2 Å². The van der Waals surface area contributed by atoms with E-state index in [-0.39, 0.29) is 18.3 Å². The topological polar surface area (TPSA) is 57.0 Å². The van der Waals surface area contributed by atoms with Crippen molar-refractivity contribution in [1.29, 1.82) is 0 Å². The Kier molecular flexibility index (Phi) is 5.38. The number of ether oxygens (including phenoxy) is 1. The van der Waals surface area contributed by atoms with E-state index in [1.54, 1.807) is 10.7 Å². The fourth-order valence-electron chi connectivity index (χ4n) is 3.46. The van der Waals surface area contributed by atoms with Gasteiger partial charge in [-0.15, -0.1) is 0 Å². The molecule has 2 aromatic heterocycles. The molecule has 0 amide bonds. The normalized spacial score (nSPS) is 12.1. The second-order valence-electron chi connectivity index (χ2n) is 7.20. The average molecular weight is 385 g/mol. The Labute approximate surface area is 170 Å². The van der Waals surface area contributed by atoms with Crippen molar-refractivity contribution in [2.45, 2.75) is 19.3 Å². The summed E-state index contributed by atoms with van der Waals surface area (Å²) in [5, 5.41) is 5.55. The molecule has 0 fully saturated rings. The van der Waals surface area contributed by atoms with Gasteiger partial charge in [-0.3, -0.25) is 4.79 Å². The standard InChI is InChI=1S/C24H23N3O2/c1-17(18-9-5-3-6-10-18)15-20(28)16-29-22-14-13-21-23(19-11-7-4-8-12-19)26-27(2)24(21)25-22/h3-14,17H,15-16H2,1-2H3/t17-/m1/s1. The molecular weight excluding hydrogens is 362 g/mol. The molecular formula is C24H23N3O2. The molecule has 146 valence electrons. The third-order valence-electron chi connectivity index (χ3n) is 4.99. The zero-order valence-electron chi connectivity index (χ0n) is 16.6. The van der Waals surface area contributed by atoms with Gasteiger partial charge in [-0.1, -0.05) is 67.6 Å². The van der Waals surface area contributed by atoms with Gasteiger partial charge in [0.25, 0.3) is 0 Å². The fraction of sp³-hybridized carbons (Fsp3) is 0.208. The molecule has 5 heteroatoms. The van der Waals surface area contributed by atoms with Crippen molar-refractivity contribution in [2.24, 2.45) is 7.05 Å². The predicted octanol–water partition coefficient (Wildman–Crippen LogP) is 4.78. The molecule has 29 heavy (non-hydrogen) atoms. The molecule has 0 aliphatic carbocycles. The van der Waals surface area contributed by atoms with E-state index >= 15 is 0 Å². The number of benzene rings is 2. The summed E-state index contributed by atoms with van der Waals surface area (Å²) in [7, 11) is 1.86. The number of pyridine rings is 1. The zero-order valence-corrected chi connectivity index (χ0v) is 16.6. The molecule has 4 aromatic rings. The smallest absolute Gasteiger partial charge is 0.215 e. The maximum absolute atomic E-state index is 12.3. The fourth-order valence-corrected chi connectivity index (χ4v) is 3.46. The Hall–Kier alpha value is -3.47. The van der Waals surface area contributed by atoms with E-state index in [0.29, 0.717) is 12.3 Å². The summed E-state index contributed by atoms with van der Waals surface area (Å²) in [5.74, 6) is 0.646. The van der Waals surface area contributed by atoms with Crippen LogP contribution in [0.3, 0.4) is 0 Å². The first kappa shape index (κ1) is 18.9. The van der Waals surface area contributed by atoms with Crippen LogP contribution in [0.25, 0.3) is 22.3 Å². The number of carbonyl (C=O) groups is 1. The van der Waals surface area contributed by atoms with Crippen LogP contribution in [0.15, 0.2) is 72.8 Å². The third-order valence-corrected chi connectivity index (χ3v) is 4.99. The van der Waals surface area contributed by atoms with Crippen LogP contribution in [0.5, 0.6) is 5.88 Å². The monoisotopic (exact) mass is 385 g/mol. The average Bonchev–Trinajstić information content (AvgIpc) is 3.09. The molecule has 0 saturated carbocycles. The van der Waals surface area contributed by atoms with E-state index in [1.165, 1.54) is 0 Å². The lowest BCUT2D eigenvalue weighted by Crippen LogP contribution is -2.14. The molecule has 0 saturated heterocycles. The number of aromatic nitrogens is 3. The molecule has 1 atom stereocenters. The van der Waals surface area contributed by atoms with Crippen LogP contribution in [0.2, 0.25) is 0 Å². The van der Waals surface area contributed by atoms with Crippen LogP contribution in [0, 0.1) is 0 Å². The summed E-state index contributed by atoms with van der Waals surface area (Å²) in [6, 6.07) is 23.8. The molecule has 0 bridgehead atoms. The summed E-state index contributed by atoms with van der Waals surface area (Å²) >= 11 is 0. The predicted molar refractivity (Wildman–Crippen MR) is 114 cm³/mol. The summed E-state index contributed by atoms with van der Waals surface area (Å²) < 4.78 is 7.42. The van der Waals surface area contributed by atoms with Crippen molar-refractivity contribution in [3.05, 3.63) is 78.4 Å². The highest BCUT2D eigenvalue weighted by molar-refractivity contribution is 5.91. The van der Waals surface area contributed by atoms with Gasteiger partial charge in [-0.25, -0.2) is 4.68 Å². The van der Waals surface area contributed by atoms with Gasteiger partial charge in [0, 0.05) is 30.5 Å². The highest BCUT2D eigenvalue weighted by atomic mass is 16.5. The largest absolute Gasteiger partial charge is 0.470 e. The number of carbonyl (C=O) groups excluding carboxylic acids is 1. The minimum absolute atomic E-state index is 0.0130. The number of hydrogen-bond donors (Lipinski definition) is 0. The third kappa shape index (κ3) is 4.19. The van der Waals surface area contributed by atoms with Crippen molar-refractivity contribution in [3.8, 4) is 17.1 Å². The van der Waals surface area contributed by atoms with Gasteiger partial charge in [-0.2, -0.15) is 10.1 Å². The highest BCUT2D eigenvalue weighted by Crippen LogP contribution is 2.28. The minimum atomic E-state index is 0.0130. The zero-order chi connectivity index (χ0) is 20.2. The summed E-state index contributed by atoms with van der Waals surface area (Å²) in [6.45, 7) is 2.07. The van der Waals surface area contributed by atoms with Gasteiger partial charge >= 0.3 is 0 Å². The lowest BCUT2D eigenvalue weighted by atomic mass is 9.96. The first-order valence-electron chi connectivity index (χ1n) is 9.70. The van der Waals surface area contributed by atoms with Crippen LogP contribution in [0.1, 0.15) is 24.8 Å². The Morgan fingerprint density at radius 3 is 2.41 bits per heavy atom. The Morgan fingerprint density at radius 2 is 1.69 bits per heavy atom. The first-order valence-corrected chi connectivity index (χ1v) is 9.70. The van der Waals surface area contributed by atoms with Crippen molar-refractivity contribution in [3.63, 3.8) is 0 Å². The lowest BCUT2D eigenvalue weighted by molar-refractivity contribution is -0.121. The van der Waals surface area contributed by atoms with E-state index in [2.05, 4.69) is 17.0 Å². The molecule has 0 spiro atoms. The molecule has 4 rings (SSSR count). The van der Waals surface area contributed by atoms with Gasteiger partial charge in [0.2, 0.25) is 5.88 Å². The van der Waals surface area contributed by atoms with E-state index in [1.807, 2.05) is 73.8 Å². The van der Waals surface area contributed by atoms with E-state index in [9.17, 15) is 4.79 Å². The molecule has 0 N–H and O–H groups in total. The van der Waals surface area contributed by atoms with Crippen LogP contribution in [0.4, 0.5) is 0 Å². The Balaban J connectivity index is 1.45. The second-order valence-corrected chi connectivity index (χ2v) is 7.20. The lowest BCUT2D eigenvalue weighted by Gasteiger charge is -2.11. The number of hydrogen-bond acceptors (Lipinski definition) is 4. The maximum atomic E-state index is 12.3. The number of nitrogens with zero attached hydrogens (tertiary/aromatic N) is 3. The van der Waals surface area contributed by atoms with E-state index < -0.39 is 0 Å². The van der Waals surface area contributed by atoms with Gasteiger partial charge in [0.1, 0.15) is 12.3 Å². The van der Waals surface area contributed by atoms with Crippen molar-refractivity contribution in [2.75, 3.05) is 6.61 Å². The van der Waals surface area contributed by atoms with Crippen molar-refractivity contribution < 1.29 is 9.53 Å². The first-order chi connectivity index (χ1) is 14.1. The van der Waals surface area contributed by atoms with Crippen LogP contribution in [-0.2, 0) is 11.8 Å². The minimum Gasteiger partial charge on any atom is -0.470 e. The SMILES string of the molecule is C[C@H](CC(=O)COc1ccc2c(-c3ccccc3)nn(C)c2n1)c1ccccc1. The molecule has 2 heterocycles. The summed E-state index contributed by atoms with van der Waals surface area (Å²) in [5.41, 5.74) is 3.81. The molecule has 2 aromatic carbocycles. The quantitative estimate of drug-likeness (QED) is 0.459. The number of rotatable bonds is 7. The number of ketones is 1. The molecule has 5 nitrogen and oxygen atoms in total. The molecule has 0 unspecified atom stereocenters. The molecule has 0 aliphatic rings. The Morgan fingerprint density at radius 1 is 1.00 bits per heavy atom. The van der Waals surface area contributed by atoms with Gasteiger partial charge in [0.15, 0.2) is 11.4 Å². The van der Waals surface area contributed by atoms with Crippen LogP contribution >= 0.6 is 0 Å². The molecule has 0 aliphatic heterocycles. The van der Waals surface area contributed by atoms with Gasteiger partial charge < -0.3 is 4.74 Å². The molecule has 0 radical (unpaired) electrons. The van der Waals surface area contributed by atoms with E-state index in [4.69, 9.17) is 4.74 Å². The van der Waals surface area contributed by atoms with E-state index in [0.717, 1.165) is 27.9 Å². The maximum Gasteiger partial charge on any atom is 0.215 e. The highest BCUT2D eigenvalue weighted by Gasteiger charge is 2.15. The van der Waals surface area contributed by atoms with Gasteiger partial charge in [-0.05, 0) is 17.5 Å². The Bertz CT molecular complexity index is 1120.